The molecule has 0 unspecified atom stereocenters. The molecule has 1 aliphatic carbocycles. The summed E-state index contributed by atoms with van der Waals surface area (Å²) >= 11 is 0. The molecule has 4 nitrogen and oxygen atoms in total. The second-order valence-corrected chi connectivity index (χ2v) is 2.73. The van der Waals surface area contributed by atoms with Crippen LogP contribution in [0.25, 0.3) is 0 Å². The van der Waals surface area contributed by atoms with Crippen LogP contribution in [0.4, 0.5) is 0 Å². The van der Waals surface area contributed by atoms with Crippen molar-refractivity contribution in [3.05, 3.63) is 24.3 Å². The summed E-state index contributed by atoms with van der Waals surface area (Å²) in [7, 11) is 0. The number of rotatable bonds is 4. The van der Waals surface area contributed by atoms with Gasteiger partial charge in [-0.2, -0.15) is 0 Å². The lowest BCUT2D eigenvalue weighted by Gasteiger charge is -1.89. The van der Waals surface area contributed by atoms with Crippen LogP contribution >= 0.6 is 0 Å². The summed E-state index contributed by atoms with van der Waals surface area (Å²) in [5.74, 6) is -1.90. The molecule has 0 heterocycles. The van der Waals surface area contributed by atoms with E-state index in [4.69, 9.17) is 10.2 Å². The Kier molecular flexibility index (Phi) is 7.13. The second kappa shape index (κ2) is 8.04. The summed E-state index contributed by atoms with van der Waals surface area (Å²) in [6, 6.07) is 0. The fourth-order valence-corrected chi connectivity index (χ4v) is 0.784. The van der Waals surface area contributed by atoms with Gasteiger partial charge in [0.25, 0.3) is 0 Å². The third-order valence-electron chi connectivity index (χ3n) is 1.44. The van der Waals surface area contributed by atoms with E-state index in [0.717, 1.165) is 6.42 Å². The molecule has 0 amide bonds. The van der Waals surface area contributed by atoms with Gasteiger partial charge < -0.3 is 10.2 Å². The minimum absolute atomic E-state index is 0.0632. The third kappa shape index (κ3) is 10.4. The van der Waals surface area contributed by atoms with E-state index in [-0.39, 0.29) is 19.3 Å². The maximum atomic E-state index is 9.79. The molecule has 4 heteroatoms. The fraction of sp³-hybridized carbons (Fsp3) is 0.400. The topological polar surface area (TPSA) is 74.6 Å². The van der Waals surface area contributed by atoms with Crippen LogP contribution in [-0.2, 0) is 9.59 Å². The Morgan fingerprint density at radius 3 is 1.64 bits per heavy atom. The Balaban J connectivity index is 0.000000280. The zero-order chi connectivity index (χ0) is 10.8. The summed E-state index contributed by atoms with van der Waals surface area (Å²) in [6.07, 6.45) is 9.59. The van der Waals surface area contributed by atoms with E-state index < -0.39 is 11.9 Å². The van der Waals surface area contributed by atoms with Crippen LogP contribution in [0.2, 0.25) is 0 Å². The normalized spacial score (nSPS) is 12.0. The van der Waals surface area contributed by atoms with Crippen molar-refractivity contribution in [2.24, 2.45) is 0 Å². The molecule has 0 aromatic rings. The zero-order valence-electron chi connectivity index (χ0n) is 7.85. The molecule has 0 spiro atoms. The average molecular weight is 198 g/mol. The van der Waals surface area contributed by atoms with Gasteiger partial charge in [0, 0.05) is 12.8 Å². The highest BCUT2D eigenvalue weighted by molar-refractivity contribution is 5.69. The van der Waals surface area contributed by atoms with Crippen molar-refractivity contribution in [2.45, 2.75) is 25.7 Å². The van der Waals surface area contributed by atoms with Crippen LogP contribution in [0.15, 0.2) is 24.3 Å². The first-order valence-corrected chi connectivity index (χ1v) is 4.38. The number of hydrogen-bond acceptors (Lipinski definition) is 2. The molecule has 0 saturated carbocycles. The second-order valence-electron chi connectivity index (χ2n) is 2.73. The Hall–Kier alpha value is -1.58. The van der Waals surface area contributed by atoms with Gasteiger partial charge >= 0.3 is 11.9 Å². The SMILES string of the molecule is C1=CCC=C1.O=C(O)CCCC(=O)O. The molecule has 1 rings (SSSR count). The highest BCUT2D eigenvalue weighted by atomic mass is 16.4. The Labute approximate surface area is 82.6 Å². The first-order chi connectivity index (χ1) is 6.63. The summed E-state index contributed by atoms with van der Waals surface area (Å²) < 4.78 is 0. The lowest BCUT2D eigenvalue weighted by molar-refractivity contribution is -0.138. The van der Waals surface area contributed by atoms with Crippen LogP contribution in [0, 0.1) is 0 Å². The number of hydrogen-bond donors (Lipinski definition) is 2. The smallest absolute Gasteiger partial charge is 0.303 e. The van der Waals surface area contributed by atoms with Gasteiger partial charge in [-0.15, -0.1) is 0 Å². The van der Waals surface area contributed by atoms with Gasteiger partial charge in [0.1, 0.15) is 0 Å². The average Bonchev–Trinajstić information content (AvgIpc) is 2.58. The standard InChI is InChI=1S/C5H8O4.C5H6/c6-4(7)2-1-3-5(8)9;1-2-4-5-3-1/h1-3H2,(H,6,7)(H,8,9);1-4H,5H2. The molecule has 0 atom stereocenters. The molecule has 1 aliphatic rings. The van der Waals surface area contributed by atoms with Crippen molar-refractivity contribution >= 4 is 11.9 Å². The molecule has 78 valence electrons. The molecule has 0 aliphatic heterocycles. The third-order valence-corrected chi connectivity index (χ3v) is 1.44. The first kappa shape index (κ1) is 12.4. The van der Waals surface area contributed by atoms with Gasteiger partial charge in [-0.05, 0) is 12.8 Å². The van der Waals surface area contributed by atoms with Gasteiger partial charge in [-0.25, -0.2) is 0 Å². The van der Waals surface area contributed by atoms with Crippen LogP contribution in [-0.4, -0.2) is 22.2 Å². The number of allylic oxidation sites excluding steroid dienone is 4. The summed E-state index contributed by atoms with van der Waals surface area (Å²) in [4.78, 5) is 19.6. The maximum Gasteiger partial charge on any atom is 0.303 e. The van der Waals surface area contributed by atoms with Gasteiger partial charge in [0.2, 0.25) is 0 Å². The van der Waals surface area contributed by atoms with Crippen molar-refractivity contribution < 1.29 is 19.8 Å². The molecule has 0 bridgehead atoms. The summed E-state index contributed by atoms with van der Waals surface area (Å²) in [5.41, 5.74) is 0. The number of aliphatic carboxylic acids is 2. The lowest BCUT2D eigenvalue weighted by Crippen LogP contribution is -1.98. The van der Waals surface area contributed by atoms with Crippen molar-refractivity contribution in [3.63, 3.8) is 0 Å². The predicted octanol–water partition coefficient (Wildman–Crippen LogP) is 1.83. The molecule has 2 N–H and O–H groups in total. The van der Waals surface area contributed by atoms with E-state index in [1.165, 1.54) is 0 Å². The molecular weight excluding hydrogens is 184 g/mol. The number of carboxylic acid groups (broad SMARTS) is 2. The van der Waals surface area contributed by atoms with Crippen molar-refractivity contribution in [2.75, 3.05) is 0 Å². The molecule has 0 radical (unpaired) electrons. The number of carbonyl (C=O) groups is 2. The Bertz CT molecular complexity index is 217. The van der Waals surface area contributed by atoms with Crippen molar-refractivity contribution in [3.8, 4) is 0 Å². The van der Waals surface area contributed by atoms with Gasteiger partial charge in [0.15, 0.2) is 0 Å². The molecular formula is C10H14O4. The van der Waals surface area contributed by atoms with Crippen LogP contribution in [0.5, 0.6) is 0 Å². The molecule has 0 fully saturated rings. The lowest BCUT2D eigenvalue weighted by atomic mass is 10.2. The van der Waals surface area contributed by atoms with E-state index >= 15 is 0 Å². The van der Waals surface area contributed by atoms with E-state index in [1.54, 1.807) is 0 Å². The number of carboxylic acids is 2. The first-order valence-electron chi connectivity index (χ1n) is 4.38. The van der Waals surface area contributed by atoms with Crippen molar-refractivity contribution in [1.82, 2.24) is 0 Å². The minimum atomic E-state index is -0.948. The monoisotopic (exact) mass is 198 g/mol. The minimum Gasteiger partial charge on any atom is -0.481 e. The van der Waals surface area contributed by atoms with Crippen LogP contribution < -0.4 is 0 Å². The molecule has 14 heavy (non-hydrogen) atoms. The Morgan fingerprint density at radius 1 is 1.00 bits per heavy atom. The summed E-state index contributed by atoms with van der Waals surface area (Å²) in [6.45, 7) is 0. The largest absolute Gasteiger partial charge is 0.481 e. The van der Waals surface area contributed by atoms with E-state index in [9.17, 15) is 9.59 Å². The Morgan fingerprint density at radius 2 is 1.43 bits per heavy atom. The van der Waals surface area contributed by atoms with E-state index in [0.29, 0.717) is 0 Å². The van der Waals surface area contributed by atoms with Crippen LogP contribution in [0.3, 0.4) is 0 Å². The highest BCUT2D eigenvalue weighted by Crippen LogP contribution is 1.94. The predicted molar refractivity (Wildman–Crippen MR) is 52.0 cm³/mol. The van der Waals surface area contributed by atoms with Crippen LogP contribution in [0.1, 0.15) is 25.7 Å². The quantitative estimate of drug-likeness (QED) is 0.722. The van der Waals surface area contributed by atoms with Crippen molar-refractivity contribution in [1.29, 1.82) is 0 Å². The summed E-state index contributed by atoms with van der Waals surface area (Å²) in [5, 5.41) is 16.1. The van der Waals surface area contributed by atoms with Gasteiger partial charge in [0.05, 0.1) is 0 Å². The molecule has 0 saturated heterocycles. The van der Waals surface area contributed by atoms with E-state index in [1.807, 2.05) is 0 Å². The highest BCUT2D eigenvalue weighted by Gasteiger charge is 1.99. The van der Waals surface area contributed by atoms with Gasteiger partial charge in [-0.1, -0.05) is 24.3 Å². The van der Waals surface area contributed by atoms with Gasteiger partial charge in [-0.3, -0.25) is 9.59 Å². The maximum absolute atomic E-state index is 9.79. The zero-order valence-corrected chi connectivity index (χ0v) is 7.85. The fourth-order valence-electron chi connectivity index (χ4n) is 0.784. The van der Waals surface area contributed by atoms with E-state index in [2.05, 4.69) is 24.3 Å². The molecule has 0 aromatic carbocycles. The molecule has 0 aromatic heterocycles.